The van der Waals surface area contributed by atoms with E-state index in [0.29, 0.717) is 22.0 Å². The number of fused-ring (bicyclic) bond motifs is 1. The maximum absolute atomic E-state index is 12.4. The van der Waals surface area contributed by atoms with E-state index in [1.54, 1.807) is 24.3 Å². The number of benzene rings is 3. The van der Waals surface area contributed by atoms with Crippen LogP contribution in [0.4, 0.5) is 6.01 Å². The Bertz CT molecular complexity index is 1340. The molecule has 2 aromatic heterocycles. The van der Waals surface area contributed by atoms with Crippen LogP contribution in [-0.2, 0) is 0 Å². The van der Waals surface area contributed by atoms with Gasteiger partial charge >= 0.3 is 6.01 Å². The number of imidazole rings is 1. The van der Waals surface area contributed by atoms with E-state index < -0.39 is 5.91 Å². The number of nitrogens with zero attached hydrogens (tertiary/aromatic N) is 3. The van der Waals surface area contributed by atoms with E-state index in [1.807, 2.05) is 48.5 Å². The molecule has 1 amide bonds. The molecular formula is C22H14ClN5O2. The molecule has 0 atom stereocenters. The number of hydrogen-bond acceptors (Lipinski definition) is 5. The highest BCUT2D eigenvalue weighted by atomic mass is 35.5. The monoisotopic (exact) mass is 415 g/mol. The fourth-order valence-corrected chi connectivity index (χ4v) is 3.37. The molecule has 3 aromatic carbocycles. The standard InChI is InChI=1S/C22H14ClN5O2/c23-16-10-4-3-9-15(16)20(29)26-22-28-27-21(30-22)14-8-2-1-7-13(14)19-24-17-11-5-6-12-18(17)25-19/h1-12H,(H,24,25)(H,26,28,29). The third kappa shape index (κ3) is 3.31. The molecule has 0 radical (unpaired) electrons. The first-order valence-corrected chi connectivity index (χ1v) is 9.51. The minimum Gasteiger partial charge on any atom is -0.403 e. The molecule has 0 aliphatic rings. The maximum atomic E-state index is 12.4. The Morgan fingerprint density at radius 1 is 0.900 bits per heavy atom. The topological polar surface area (TPSA) is 96.7 Å². The minimum absolute atomic E-state index is 0.0191. The molecule has 8 heteroatoms. The van der Waals surface area contributed by atoms with Crippen molar-refractivity contribution < 1.29 is 9.21 Å². The first-order chi connectivity index (χ1) is 14.7. The van der Waals surface area contributed by atoms with E-state index >= 15 is 0 Å². The van der Waals surface area contributed by atoms with Crippen molar-refractivity contribution in [1.82, 2.24) is 20.2 Å². The van der Waals surface area contributed by atoms with Crippen LogP contribution < -0.4 is 5.32 Å². The summed E-state index contributed by atoms with van der Waals surface area (Å²) in [6.07, 6.45) is 0. The maximum Gasteiger partial charge on any atom is 0.322 e. The van der Waals surface area contributed by atoms with Crippen molar-refractivity contribution in [1.29, 1.82) is 0 Å². The molecular weight excluding hydrogens is 402 g/mol. The van der Waals surface area contributed by atoms with Crippen LogP contribution in [-0.4, -0.2) is 26.1 Å². The molecule has 7 nitrogen and oxygen atoms in total. The lowest BCUT2D eigenvalue weighted by Crippen LogP contribution is -2.12. The number of H-pyrrole nitrogens is 1. The first-order valence-electron chi connectivity index (χ1n) is 9.13. The Balaban J connectivity index is 1.47. The summed E-state index contributed by atoms with van der Waals surface area (Å²) in [5, 5.41) is 11.0. The number of hydrogen-bond donors (Lipinski definition) is 2. The number of rotatable bonds is 4. The Morgan fingerprint density at radius 3 is 2.47 bits per heavy atom. The molecule has 0 aliphatic heterocycles. The van der Waals surface area contributed by atoms with Gasteiger partial charge in [0.2, 0.25) is 0 Å². The quantitative estimate of drug-likeness (QED) is 0.421. The average Bonchev–Trinajstić information content (AvgIpc) is 3.41. The summed E-state index contributed by atoms with van der Waals surface area (Å²) in [6.45, 7) is 0. The Kier molecular flexibility index (Phi) is 4.49. The van der Waals surface area contributed by atoms with Crippen LogP contribution in [0.2, 0.25) is 5.02 Å². The number of carbonyl (C=O) groups is 1. The van der Waals surface area contributed by atoms with Crippen LogP contribution in [0, 0.1) is 0 Å². The number of carbonyl (C=O) groups excluding carboxylic acids is 1. The van der Waals surface area contributed by atoms with E-state index in [9.17, 15) is 4.79 Å². The summed E-state index contributed by atoms with van der Waals surface area (Å²) < 4.78 is 5.70. The molecule has 0 fully saturated rings. The van der Waals surface area contributed by atoms with Gasteiger partial charge in [-0.1, -0.05) is 59.2 Å². The molecule has 2 N–H and O–H groups in total. The van der Waals surface area contributed by atoms with Crippen molar-refractivity contribution in [2.45, 2.75) is 0 Å². The fourth-order valence-electron chi connectivity index (χ4n) is 3.15. The van der Waals surface area contributed by atoms with Gasteiger partial charge in [-0.25, -0.2) is 4.98 Å². The van der Waals surface area contributed by atoms with Gasteiger partial charge < -0.3 is 9.40 Å². The highest BCUT2D eigenvalue weighted by Gasteiger charge is 2.18. The smallest absolute Gasteiger partial charge is 0.322 e. The zero-order chi connectivity index (χ0) is 20.5. The molecule has 5 aromatic rings. The van der Waals surface area contributed by atoms with Gasteiger partial charge in [-0.15, -0.1) is 5.10 Å². The van der Waals surface area contributed by atoms with Gasteiger partial charge in [-0.3, -0.25) is 10.1 Å². The second kappa shape index (κ2) is 7.46. The second-order valence-electron chi connectivity index (χ2n) is 6.49. The van der Waals surface area contributed by atoms with Crippen molar-refractivity contribution in [2.24, 2.45) is 0 Å². The Labute approximate surface area is 175 Å². The molecule has 146 valence electrons. The van der Waals surface area contributed by atoms with Gasteiger partial charge in [0, 0.05) is 11.1 Å². The SMILES string of the molecule is O=C(Nc1nnc(-c2ccccc2-c2nc3ccccc3[nH]2)o1)c1ccccc1Cl. The summed E-state index contributed by atoms with van der Waals surface area (Å²) >= 11 is 6.07. The van der Waals surface area contributed by atoms with E-state index in [0.717, 1.165) is 16.6 Å². The average molecular weight is 416 g/mol. The van der Waals surface area contributed by atoms with Gasteiger partial charge in [0.1, 0.15) is 5.82 Å². The zero-order valence-corrected chi connectivity index (χ0v) is 16.2. The van der Waals surface area contributed by atoms with E-state index in [4.69, 9.17) is 16.0 Å². The molecule has 0 unspecified atom stereocenters. The van der Waals surface area contributed by atoms with Crippen molar-refractivity contribution in [3.63, 3.8) is 0 Å². The summed E-state index contributed by atoms with van der Waals surface area (Å²) in [7, 11) is 0. The van der Waals surface area contributed by atoms with Crippen LogP contribution in [0.3, 0.4) is 0 Å². The largest absolute Gasteiger partial charge is 0.403 e. The van der Waals surface area contributed by atoms with E-state index in [2.05, 4.69) is 25.5 Å². The van der Waals surface area contributed by atoms with Crippen LogP contribution in [0.25, 0.3) is 33.9 Å². The first kappa shape index (κ1) is 18.1. The van der Waals surface area contributed by atoms with Crippen molar-refractivity contribution in [3.05, 3.63) is 83.4 Å². The molecule has 0 bridgehead atoms. The lowest BCUT2D eigenvalue weighted by atomic mass is 10.1. The number of nitrogens with one attached hydrogen (secondary N) is 2. The Morgan fingerprint density at radius 2 is 1.63 bits per heavy atom. The fraction of sp³-hybridized carbons (Fsp3) is 0. The second-order valence-corrected chi connectivity index (χ2v) is 6.90. The molecule has 0 aliphatic carbocycles. The van der Waals surface area contributed by atoms with E-state index in [-0.39, 0.29) is 11.9 Å². The third-order valence-electron chi connectivity index (χ3n) is 4.57. The van der Waals surface area contributed by atoms with Gasteiger partial charge in [-0.2, -0.15) is 0 Å². The molecule has 2 heterocycles. The van der Waals surface area contributed by atoms with Gasteiger partial charge in [0.25, 0.3) is 11.8 Å². The number of amides is 1. The normalized spacial score (nSPS) is 11.0. The molecule has 0 saturated carbocycles. The van der Waals surface area contributed by atoms with Gasteiger partial charge in [0.15, 0.2) is 0 Å². The number of aromatic amines is 1. The van der Waals surface area contributed by atoms with Crippen LogP contribution in [0.1, 0.15) is 10.4 Å². The minimum atomic E-state index is -0.429. The highest BCUT2D eigenvalue weighted by Crippen LogP contribution is 2.31. The number of halogens is 1. The lowest BCUT2D eigenvalue weighted by molar-refractivity contribution is 0.102. The number of para-hydroxylation sites is 2. The summed E-state index contributed by atoms with van der Waals surface area (Å²) in [6, 6.07) is 22.0. The van der Waals surface area contributed by atoms with Crippen molar-refractivity contribution >= 4 is 34.6 Å². The number of aromatic nitrogens is 4. The summed E-state index contributed by atoms with van der Waals surface area (Å²) in [5.41, 5.74) is 3.62. The van der Waals surface area contributed by atoms with E-state index in [1.165, 1.54) is 0 Å². The summed E-state index contributed by atoms with van der Waals surface area (Å²) in [4.78, 5) is 20.4. The van der Waals surface area contributed by atoms with Crippen LogP contribution in [0.5, 0.6) is 0 Å². The molecule has 5 rings (SSSR count). The highest BCUT2D eigenvalue weighted by molar-refractivity contribution is 6.34. The zero-order valence-electron chi connectivity index (χ0n) is 15.5. The van der Waals surface area contributed by atoms with Crippen molar-refractivity contribution in [2.75, 3.05) is 5.32 Å². The number of anilines is 1. The van der Waals surface area contributed by atoms with Gasteiger partial charge in [-0.05, 0) is 30.3 Å². The molecule has 0 saturated heterocycles. The van der Waals surface area contributed by atoms with Gasteiger partial charge in [0.05, 0.1) is 21.6 Å². The van der Waals surface area contributed by atoms with Crippen molar-refractivity contribution in [3.8, 4) is 22.8 Å². The van der Waals surface area contributed by atoms with Crippen LogP contribution >= 0.6 is 11.6 Å². The lowest BCUT2D eigenvalue weighted by Gasteiger charge is -2.03. The molecule has 0 spiro atoms. The Hall–Kier alpha value is -3.97. The predicted octanol–water partition coefficient (Wildman–Crippen LogP) is 5.19. The third-order valence-corrected chi connectivity index (χ3v) is 4.90. The van der Waals surface area contributed by atoms with Crippen LogP contribution in [0.15, 0.2) is 77.2 Å². The summed E-state index contributed by atoms with van der Waals surface area (Å²) in [5.74, 6) is 0.522. The predicted molar refractivity (Wildman–Crippen MR) is 114 cm³/mol. The molecule has 30 heavy (non-hydrogen) atoms.